The van der Waals surface area contributed by atoms with Gasteiger partial charge < -0.3 is 14.7 Å². The van der Waals surface area contributed by atoms with Gasteiger partial charge >= 0.3 is 11.7 Å². The Morgan fingerprint density at radius 3 is 2.07 bits per heavy atom. The van der Waals surface area contributed by atoms with Crippen LogP contribution < -0.4 is 11.2 Å². The molecule has 1 fully saturated rings. The molecular weight excluding hydrogens is 542 g/mol. The predicted molar refractivity (Wildman–Crippen MR) is 169 cm³/mol. The van der Waals surface area contributed by atoms with Gasteiger partial charge in [0.15, 0.2) is 0 Å². The minimum absolute atomic E-state index is 0.0924. The quantitative estimate of drug-likeness (QED) is 0.240. The third kappa shape index (κ3) is 6.65. The molecule has 0 amide bonds. The van der Waals surface area contributed by atoms with Crippen molar-refractivity contribution < 1.29 is 14.6 Å². The minimum atomic E-state index is -1.67. The van der Waals surface area contributed by atoms with E-state index in [1.807, 2.05) is 25.1 Å². The molecule has 1 aromatic heterocycles. The normalized spacial score (nSPS) is 14.9. The Labute approximate surface area is 252 Å². The molecule has 1 saturated heterocycles. The summed E-state index contributed by atoms with van der Waals surface area (Å²) in [5.41, 5.74) is 0.917. The zero-order valence-electron chi connectivity index (χ0n) is 25.2. The first-order chi connectivity index (χ1) is 20.7. The first-order valence-electron chi connectivity index (χ1n) is 15.1. The summed E-state index contributed by atoms with van der Waals surface area (Å²) in [5, 5.41) is 10.1. The second-order valence-electron chi connectivity index (χ2n) is 12.0. The average Bonchev–Trinajstić information content (AvgIpc) is 3.01. The monoisotopic (exact) mass is 583 g/mol. The molecule has 0 unspecified atom stereocenters. The number of aromatic nitrogens is 2. The molecule has 0 spiro atoms. The molecule has 8 heteroatoms. The molecule has 4 aromatic rings. The fourth-order valence-electron chi connectivity index (χ4n) is 5.96. The Balaban J connectivity index is 1.21. The molecule has 0 radical (unpaired) electrons. The van der Waals surface area contributed by atoms with Gasteiger partial charge in [0.05, 0.1) is 17.0 Å². The van der Waals surface area contributed by atoms with Gasteiger partial charge in [0.1, 0.15) is 11.6 Å². The molecule has 0 aliphatic carbocycles. The van der Waals surface area contributed by atoms with Gasteiger partial charge in [-0.25, -0.2) is 14.2 Å². The molecule has 2 heterocycles. The third-order valence-corrected chi connectivity index (χ3v) is 8.55. The Kier molecular flexibility index (Phi) is 9.28. The fraction of sp³-hybridized carbons (Fsp3) is 0.400. The number of aryl methyl sites for hydroxylation is 2. The SMILES string of the molecule is Cc1ccc2c(c1)c(=O)n(C(C)(C)C(=O)O)c(=O)n2CCCCN1CCC(OC(c2ccccc2)c2ccccc2)CC1. The maximum atomic E-state index is 13.5. The number of carboxylic acid groups (broad SMARTS) is 1. The number of benzene rings is 3. The van der Waals surface area contributed by atoms with Gasteiger partial charge in [0.2, 0.25) is 0 Å². The number of nitrogens with zero attached hydrogens (tertiary/aromatic N) is 3. The second kappa shape index (κ2) is 13.1. The first kappa shape index (κ1) is 30.4. The number of likely N-dealkylation sites (tertiary alicyclic amines) is 1. The van der Waals surface area contributed by atoms with Crippen molar-refractivity contribution >= 4 is 16.9 Å². The largest absolute Gasteiger partial charge is 0.480 e. The highest BCUT2D eigenvalue weighted by Crippen LogP contribution is 2.30. The summed E-state index contributed by atoms with van der Waals surface area (Å²) in [6.07, 6.45) is 3.60. The van der Waals surface area contributed by atoms with E-state index in [0.717, 1.165) is 66.6 Å². The van der Waals surface area contributed by atoms with Crippen LogP contribution in [0, 0.1) is 6.92 Å². The fourth-order valence-corrected chi connectivity index (χ4v) is 5.96. The van der Waals surface area contributed by atoms with Crippen LogP contribution in [0.5, 0.6) is 0 Å². The van der Waals surface area contributed by atoms with Crippen LogP contribution in [0.25, 0.3) is 10.9 Å². The van der Waals surface area contributed by atoms with E-state index in [2.05, 4.69) is 53.4 Å². The van der Waals surface area contributed by atoms with Crippen molar-refractivity contribution in [1.29, 1.82) is 0 Å². The van der Waals surface area contributed by atoms with Crippen LogP contribution in [0.1, 0.15) is 62.3 Å². The lowest BCUT2D eigenvalue weighted by Crippen LogP contribution is -2.52. The zero-order valence-corrected chi connectivity index (χ0v) is 25.2. The van der Waals surface area contributed by atoms with Crippen LogP contribution in [-0.2, 0) is 21.6 Å². The lowest BCUT2D eigenvalue weighted by molar-refractivity contribution is -0.146. The predicted octanol–water partition coefficient (Wildman–Crippen LogP) is 5.34. The van der Waals surface area contributed by atoms with E-state index in [1.54, 1.807) is 16.7 Å². The summed E-state index contributed by atoms with van der Waals surface area (Å²) in [5.74, 6) is -1.23. The Bertz CT molecular complexity index is 1630. The molecule has 0 atom stereocenters. The van der Waals surface area contributed by atoms with Crippen molar-refractivity contribution in [2.45, 2.75) is 70.7 Å². The molecule has 3 aromatic carbocycles. The van der Waals surface area contributed by atoms with E-state index >= 15 is 0 Å². The molecule has 43 heavy (non-hydrogen) atoms. The molecule has 0 bridgehead atoms. The van der Waals surface area contributed by atoms with Crippen LogP contribution in [0.15, 0.2) is 88.5 Å². The van der Waals surface area contributed by atoms with Gasteiger partial charge in [-0.15, -0.1) is 0 Å². The molecule has 1 N–H and O–H groups in total. The van der Waals surface area contributed by atoms with Crippen LogP contribution in [-0.4, -0.2) is 50.8 Å². The summed E-state index contributed by atoms with van der Waals surface area (Å²) >= 11 is 0. The summed E-state index contributed by atoms with van der Waals surface area (Å²) in [7, 11) is 0. The molecular formula is C35H41N3O5. The van der Waals surface area contributed by atoms with Gasteiger partial charge in [-0.05, 0) is 76.3 Å². The van der Waals surface area contributed by atoms with Crippen molar-refractivity contribution in [1.82, 2.24) is 14.0 Å². The van der Waals surface area contributed by atoms with Gasteiger partial charge in [-0.2, -0.15) is 0 Å². The van der Waals surface area contributed by atoms with E-state index in [4.69, 9.17) is 4.74 Å². The number of hydrogen-bond acceptors (Lipinski definition) is 5. The number of hydrogen-bond donors (Lipinski definition) is 1. The standard InChI is InChI=1S/C35H41N3O5/c1-25-16-17-30-29(24-25)32(39)38(35(2,3)33(40)41)34(42)37(30)21-11-10-20-36-22-18-28(19-23-36)43-31(26-12-6-4-7-13-26)27-14-8-5-9-15-27/h4-9,12-17,24,28,31H,10-11,18-23H2,1-3H3,(H,40,41). The number of carboxylic acids is 1. The van der Waals surface area contributed by atoms with Crippen LogP contribution in [0.2, 0.25) is 0 Å². The van der Waals surface area contributed by atoms with Gasteiger partial charge in [0.25, 0.3) is 5.56 Å². The molecule has 1 aliphatic rings. The van der Waals surface area contributed by atoms with Crippen LogP contribution in [0.3, 0.4) is 0 Å². The number of ether oxygens (including phenoxy) is 1. The first-order valence-corrected chi connectivity index (χ1v) is 15.1. The molecule has 0 saturated carbocycles. The molecule has 8 nitrogen and oxygen atoms in total. The van der Waals surface area contributed by atoms with E-state index in [1.165, 1.54) is 13.8 Å². The summed E-state index contributed by atoms with van der Waals surface area (Å²) < 4.78 is 9.14. The van der Waals surface area contributed by atoms with Crippen molar-refractivity contribution in [3.63, 3.8) is 0 Å². The lowest BCUT2D eigenvalue weighted by Gasteiger charge is -2.34. The van der Waals surface area contributed by atoms with Crippen LogP contribution >= 0.6 is 0 Å². The second-order valence-corrected chi connectivity index (χ2v) is 12.0. The number of rotatable bonds is 11. The van der Waals surface area contributed by atoms with Gasteiger partial charge in [0, 0.05) is 19.6 Å². The number of aliphatic carboxylic acids is 1. The summed E-state index contributed by atoms with van der Waals surface area (Å²) in [6.45, 7) is 7.85. The zero-order chi connectivity index (χ0) is 30.6. The summed E-state index contributed by atoms with van der Waals surface area (Å²) in [4.78, 5) is 41.2. The Hall–Kier alpha value is -4.01. The number of fused-ring (bicyclic) bond motifs is 1. The minimum Gasteiger partial charge on any atom is -0.480 e. The molecule has 226 valence electrons. The average molecular weight is 584 g/mol. The highest BCUT2D eigenvalue weighted by Gasteiger charge is 2.34. The maximum Gasteiger partial charge on any atom is 0.332 e. The van der Waals surface area contributed by atoms with Gasteiger partial charge in [-0.1, -0.05) is 72.3 Å². The van der Waals surface area contributed by atoms with Gasteiger partial charge in [-0.3, -0.25) is 9.36 Å². The Morgan fingerprint density at radius 1 is 0.907 bits per heavy atom. The smallest absolute Gasteiger partial charge is 0.332 e. The highest BCUT2D eigenvalue weighted by molar-refractivity contribution is 5.80. The number of piperidine rings is 1. The van der Waals surface area contributed by atoms with Crippen molar-refractivity contribution in [3.8, 4) is 0 Å². The molecule has 5 rings (SSSR count). The van der Waals surface area contributed by atoms with E-state index < -0.39 is 22.8 Å². The van der Waals surface area contributed by atoms with Crippen molar-refractivity contribution in [2.24, 2.45) is 0 Å². The van der Waals surface area contributed by atoms with E-state index in [0.29, 0.717) is 17.4 Å². The van der Waals surface area contributed by atoms with E-state index in [-0.39, 0.29) is 12.2 Å². The topological polar surface area (TPSA) is 93.8 Å². The Morgan fingerprint density at radius 2 is 1.49 bits per heavy atom. The number of carbonyl (C=O) groups is 1. The van der Waals surface area contributed by atoms with Crippen LogP contribution in [0.4, 0.5) is 0 Å². The summed E-state index contributed by atoms with van der Waals surface area (Å²) in [6, 6.07) is 26.1. The van der Waals surface area contributed by atoms with Crippen molar-refractivity contribution in [3.05, 3.63) is 116 Å². The third-order valence-electron chi connectivity index (χ3n) is 8.55. The number of unbranched alkanes of at least 4 members (excludes halogenated alkanes) is 1. The highest BCUT2D eigenvalue weighted by atomic mass is 16.5. The maximum absolute atomic E-state index is 13.5. The molecule has 1 aliphatic heterocycles. The lowest BCUT2D eigenvalue weighted by atomic mass is 10.00. The van der Waals surface area contributed by atoms with E-state index in [9.17, 15) is 19.5 Å². The van der Waals surface area contributed by atoms with Crippen molar-refractivity contribution in [2.75, 3.05) is 19.6 Å².